The largest absolute Gasteiger partial charge is 0.390 e. The Morgan fingerprint density at radius 1 is 1.50 bits per heavy atom. The van der Waals surface area contributed by atoms with Crippen LogP contribution in [0.1, 0.15) is 32.6 Å². The van der Waals surface area contributed by atoms with Crippen molar-refractivity contribution in [3.8, 4) is 6.07 Å². The summed E-state index contributed by atoms with van der Waals surface area (Å²) in [7, 11) is -2.76. The average molecular weight is 340 g/mol. The van der Waals surface area contributed by atoms with Crippen LogP contribution in [-0.2, 0) is 14.7 Å². The van der Waals surface area contributed by atoms with Gasteiger partial charge in [0.15, 0.2) is 14.6 Å². The molecule has 0 saturated heterocycles. The lowest BCUT2D eigenvalue weighted by Gasteiger charge is -2.33. The molecule has 1 N–H and O–H groups in total. The highest BCUT2D eigenvalue weighted by atomic mass is 32.2. The number of halogens is 3. The molecule has 0 aromatic carbocycles. The van der Waals surface area contributed by atoms with Gasteiger partial charge in [-0.1, -0.05) is 6.08 Å². The van der Waals surface area contributed by atoms with Gasteiger partial charge >= 0.3 is 6.18 Å². The molecule has 0 aliphatic heterocycles. The van der Waals surface area contributed by atoms with E-state index in [1.807, 2.05) is 0 Å². The highest BCUT2D eigenvalue weighted by Crippen LogP contribution is 2.37. The summed E-state index contributed by atoms with van der Waals surface area (Å²) in [5.74, 6) is -1.61. The number of nitriles is 1. The van der Waals surface area contributed by atoms with Gasteiger partial charge < -0.3 is 0 Å². The molecule has 0 amide bonds. The summed E-state index contributed by atoms with van der Waals surface area (Å²) in [6, 6.07) is 1.74. The van der Waals surface area contributed by atoms with Gasteiger partial charge in [-0.05, 0) is 32.1 Å². The number of alkyl halides is 3. The van der Waals surface area contributed by atoms with Crippen LogP contribution in [0.4, 0.5) is 13.2 Å². The van der Waals surface area contributed by atoms with E-state index >= 15 is 0 Å². The van der Waals surface area contributed by atoms with Crippen molar-refractivity contribution in [2.45, 2.75) is 43.5 Å². The van der Waals surface area contributed by atoms with Crippen molar-refractivity contribution in [3.05, 3.63) is 11.8 Å². The molecule has 0 spiro atoms. The number of hydrogen-bond acceptors (Lipinski definition) is 5. The molecule has 1 aliphatic carbocycles. The summed E-state index contributed by atoms with van der Waals surface area (Å²) in [5, 5.41) is 9.30. The van der Waals surface area contributed by atoms with Crippen molar-refractivity contribution in [3.63, 3.8) is 0 Å². The Hall–Kier alpha value is -1.27. The summed E-state index contributed by atoms with van der Waals surface area (Å²) in [6.45, 7) is 1.21. The first-order chi connectivity index (χ1) is 10.1. The lowest BCUT2D eigenvalue weighted by Crippen LogP contribution is -2.44. The van der Waals surface area contributed by atoms with Crippen LogP contribution in [0, 0.1) is 17.2 Å². The Kier molecular flexibility index (Phi) is 5.87. The number of allylic oxidation sites excluding steroid dienone is 2. The first-order valence-electron chi connectivity index (χ1n) is 6.74. The normalized spacial score (nSPS) is 22.4. The topological polar surface area (TPSA) is 79.2 Å². The van der Waals surface area contributed by atoms with Crippen molar-refractivity contribution in [1.82, 2.24) is 5.48 Å². The van der Waals surface area contributed by atoms with Crippen molar-refractivity contribution in [1.29, 1.82) is 5.26 Å². The summed E-state index contributed by atoms with van der Waals surface area (Å²) < 4.78 is 59.5. The number of hydroxylamine groups is 1. The van der Waals surface area contributed by atoms with Crippen LogP contribution in [-0.4, -0.2) is 32.2 Å². The summed E-state index contributed by atoms with van der Waals surface area (Å²) in [6.07, 6.45) is -3.13. The fraction of sp³-hybridized carbons (Fsp3) is 0.769. The molecule has 5 nitrogen and oxygen atoms in total. The minimum absolute atomic E-state index is 0.293. The predicted octanol–water partition coefficient (Wildman–Crippen LogP) is 2.47. The average Bonchev–Trinajstić information content (AvgIpc) is 2.45. The highest BCUT2D eigenvalue weighted by molar-refractivity contribution is 7.93. The van der Waals surface area contributed by atoms with Gasteiger partial charge in [0.1, 0.15) is 0 Å². The predicted molar refractivity (Wildman–Crippen MR) is 74.0 cm³/mol. The Balaban J connectivity index is 2.91. The van der Waals surface area contributed by atoms with Crippen LogP contribution in [0.5, 0.6) is 0 Å². The molecule has 0 aromatic heterocycles. The molecule has 0 radical (unpaired) electrons. The molecular weight excluding hydrogens is 321 g/mol. The number of sulfone groups is 1. The van der Waals surface area contributed by atoms with Gasteiger partial charge in [-0.3, -0.25) is 10.3 Å². The van der Waals surface area contributed by atoms with Crippen molar-refractivity contribution in [2.24, 2.45) is 5.92 Å². The van der Waals surface area contributed by atoms with Crippen LogP contribution in [0.25, 0.3) is 0 Å². The highest BCUT2D eigenvalue weighted by Gasteiger charge is 2.47. The molecule has 0 fully saturated rings. The van der Waals surface area contributed by atoms with E-state index in [1.165, 1.54) is 14.0 Å². The third-order valence-corrected chi connectivity index (χ3v) is 6.40. The van der Waals surface area contributed by atoms with Crippen LogP contribution in [0.2, 0.25) is 0 Å². The first-order valence-corrected chi connectivity index (χ1v) is 8.39. The molecule has 1 aliphatic rings. The zero-order valence-electron chi connectivity index (χ0n) is 12.4. The summed E-state index contributed by atoms with van der Waals surface area (Å²) in [4.78, 5) is 4.75. The van der Waals surface area contributed by atoms with Gasteiger partial charge in [0.25, 0.3) is 0 Å². The van der Waals surface area contributed by atoms with Gasteiger partial charge in [-0.2, -0.15) is 18.4 Å². The van der Waals surface area contributed by atoms with Crippen molar-refractivity contribution in [2.75, 3.05) is 12.9 Å². The zero-order chi connectivity index (χ0) is 17.0. The van der Waals surface area contributed by atoms with Crippen LogP contribution < -0.4 is 5.48 Å². The SMILES string of the molecule is CONC1=CCC(C(C)(C#N)S(=O)(=O)CCC(F)(F)F)CC1. The third-order valence-electron chi connectivity index (χ3n) is 3.95. The molecule has 0 heterocycles. The van der Waals surface area contributed by atoms with E-state index in [2.05, 4.69) is 5.48 Å². The minimum Gasteiger partial charge on any atom is -0.280 e. The lowest BCUT2D eigenvalue weighted by atomic mass is 9.83. The van der Waals surface area contributed by atoms with E-state index in [1.54, 1.807) is 12.1 Å². The van der Waals surface area contributed by atoms with E-state index in [0.29, 0.717) is 19.3 Å². The van der Waals surface area contributed by atoms with Gasteiger partial charge in [0, 0.05) is 5.70 Å². The maximum atomic E-state index is 12.3. The third kappa shape index (κ3) is 4.36. The number of rotatable bonds is 6. The monoisotopic (exact) mass is 340 g/mol. The Labute approximate surface area is 128 Å². The molecule has 0 saturated carbocycles. The minimum atomic E-state index is -4.56. The quantitative estimate of drug-likeness (QED) is 0.752. The molecule has 126 valence electrons. The molecule has 9 heteroatoms. The molecule has 22 heavy (non-hydrogen) atoms. The number of nitrogens with one attached hydrogen (secondary N) is 1. The molecule has 2 atom stereocenters. The second-order valence-corrected chi connectivity index (χ2v) is 7.90. The number of hydrogen-bond donors (Lipinski definition) is 1. The molecule has 1 rings (SSSR count). The Morgan fingerprint density at radius 3 is 2.55 bits per heavy atom. The standard InChI is InChI=1S/C13H19F3N2O3S/c1-12(9-17,22(19,20)8-7-13(14,15)16)10-3-5-11(6-4-10)18-21-2/h5,10,18H,3-4,6-8H2,1-2H3. The van der Waals surface area contributed by atoms with Gasteiger partial charge in [-0.25, -0.2) is 8.42 Å². The van der Waals surface area contributed by atoms with Crippen LogP contribution in [0.15, 0.2) is 11.8 Å². The first kappa shape index (κ1) is 18.8. The maximum absolute atomic E-state index is 12.3. The summed E-state index contributed by atoms with van der Waals surface area (Å²) >= 11 is 0. The Bertz CT molecular complexity index is 566. The second kappa shape index (κ2) is 6.87. The number of nitrogens with zero attached hydrogens (tertiary/aromatic N) is 1. The maximum Gasteiger partial charge on any atom is 0.390 e. The van der Waals surface area contributed by atoms with Crippen LogP contribution >= 0.6 is 0 Å². The van der Waals surface area contributed by atoms with Gasteiger partial charge in [0.05, 0.1) is 25.4 Å². The van der Waals surface area contributed by atoms with E-state index in [-0.39, 0.29) is 0 Å². The fourth-order valence-corrected chi connectivity index (χ4v) is 4.22. The lowest BCUT2D eigenvalue weighted by molar-refractivity contribution is -0.130. The van der Waals surface area contributed by atoms with Crippen molar-refractivity contribution < 1.29 is 26.4 Å². The van der Waals surface area contributed by atoms with Gasteiger partial charge in [0.2, 0.25) is 0 Å². The molecular formula is C13H19F3N2O3S. The molecule has 0 bridgehead atoms. The summed E-state index contributed by atoms with van der Waals surface area (Å²) in [5.41, 5.74) is 3.41. The van der Waals surface area contributed by atoms with Crippen molar-refractivity contribution >= 4 is 9.84 Å². The zero-order valence-corrected chi connectivity index (χ0v) is 13.2. The van der Waals surface area contributed by atoms with Crippen LogP contribution in [0.3, 0.4) is 0 Å². The van der Waals surface area contributed by atoms with E-state index in [4.69, 9.17) is 4.84 Å². The second-order valence-electron chi connectivity index (χ2n) is 5.41. The van der Waals surface area contributed by atoms with E-state index in [9.17, 15) is 26.9 Å². The van der Waals surface area contributed by atoms with E-state index in [0.717, 1.165) is 5.70 Å². The van der Waals surface area contributed by atoms with Gasteiger partial charge in [-0.15, -0.1) is 0 Å². The molecule has 0 aromatic rings. The Morgan fingerprint density at radius 2 is 2.14 bits per heavy atom. The fourth-order valence-electron chi connectivity index (χ4n) is 2.44. The molecule has 2 unspecified atom stereocenters. The van der Waals surface area contributed by atoms with E-state index < -0.39 is 38.9 Å². The smallest absolute Gasteiger partial charge is 0.280 e.